The average molecular weight is 353 g/mol. The predicted molar refractivity (Wildman–Crippen MR) is 80.0 cm³/mol. The van der Waals surface area contributed by atoms with E-state index in [2.05, 4.69) is 27.9 Å². The van der Waals surface area contributed by atoms with Gasteiger partial charge in [-0.1, -0.05) is 12.1 Å². The number of carbonyl (C=O) groups is 1. The van der Waals surface area contributed by atoms with Crippen molar-refractivity contribution in [1.29, 1.82) is 0 Å². The van der Waals surface area contributed by atoms with Crippen molar-refractivity contribution in [3.8, 4) is 5.75 Å². The van der Waals surface area contributed by atoms with Gasteiger partial charge < -0.3 is 10.4 Å². The molecular formula is C14H12INO2. The van der Waals surface area contributed by atoms with Crippen LogP contribution in [0, 0.1) is 10.5 Å². The van der Waals surface area contributed by atoms with Gasteiger partial charge in [-0.25, -0.2) is 0 Å². The maximum absolute atomic E-state index is 12.0. The van der Waals surface area contributed by atoms with Crippen LogP contribution >= 0.6 is 22.6 Å². The molecule has 0 aliphatic heterocycles. The van der Waals surface area contributed by atoms with E-state index < -0.39 is 0 Å². The fraction of sp³-hybridized carbons (Fsp3) is 0.0714. The third-order valence-electron chi connectivity index (χ3n) is 2.49. The highest BCUT2D eigenvalue weighted by Gasteiger charge is 2.09. The van der Waals surface area contributed by atoms with Crippen molar-refractivity contribution in [3.05, 3.63) is 57.2 Å². The molecular weight excluding hydrogens is 341 g/mol. The molecule has 0 saturated carbocycles. The first-order chi connectivity index (χ1) is 8.56. The van der Waals surface area contributed by atoms with Crippen LogP contribution in [-0.4, -0.2) is 11.0 Å². The molecule has 3 nitrogen and oxygen atoms in total. The highest BCUT2D eigenvalue weighted by atomic mass is 127. The summed E-state index contributed by atoms with van der Waals surface area (Å²) in [6, 6.07) is 12.4. The molecule has 0 spiro atoms. The van der Waals surface area contributed by atoms with Crippen LogP contribution in [0.2, 0.25) is 0 Å². The van der Waals surface area contributed by atoms with E-state index in [9.17, 15) is 9.90 Å². The summed E-state index contributed by atoms with van der Waals surface area (Å²) >= 11 is 2.15. The zero-order chi connectivity index (χ0) is 13.1. The van der Waals surface area contributed by atoms with E-state index >= 15 is 0 Å². The molecule has 0 bridgehead atoms. The summed E-state index contributed by atoms with van der Waals surface area (Å²) in [5.41, 5.74) is 1.94. The van der Waals surface area contributed by atoms with E-state index in [0.717, 1.165) is 9.13 Å². The summed E-state index contributed by atoms with van der Waals surface area (Å²) in [6.07, 6.45) is 0. The van der Waals surface area contributed by atoms with Crippen LogP contribution < -0.4 is 5.32 Å². The molecule has 0 aliphatic carbocycles. The SMILES string of the molecule is Cc1ccc(NC(=O)c2cccc(I)c2)c(O)c1. The molecule has 4 heteroatoms. The topological polar surface area (TPSA) is 49.3 Å². The summed E-state index contributed by atoms with van der Waals surface area (Å²) in [6.45, 7) is 1.88. The maximum Gasteiger partial charge on any atom is 0.255 e. The van der Waals surface area contributed by atoms with Gasteiger partial charge in [0.25, 0.3) is 5.91 Å². The summed E-state index contributed by atoms with van der Waals surface area (Å²) < 4.78 is 0.994. The van der Waals surface area contributed by atoms with Crippen molar-refractivity contribution in [2.24, 2.45) is 0 Å². The van der Waals surface area contributed by atoms with Gasteiger partial charge in [0.2, 0.25) is 0 Å². The number of anilines is 1. The minimum Gasteiger partial charge on any atom is -0.506 e. The fourth-order valence-electron chi connectivity index (χ4n) is 1.57. The van der Waals surface area contributed by atoms with Crippen molar-refractivity contribution < 1.29 is 9.90 Å². The smallest absolute Gasteiger partial charge is 0.255 e. The Morgan fingerprint density at radius 2 is 2.00 bits per heavy atom. The van der Waals surface area contributed by atoms with Crippen LogP contribution in [-0.2, 0) is 0 Å². The lowest BCUT2D eigenvalue weighted by Gasteiger charge is -2.08. The maximum atomic E-state index is 12.0. The molecule has 2 N–H and O–H groups in total. The Labute approximate surface area is 119 Å². The lowest BCUT2D eigenvalue weighted by atomic mass is 10.2. The first-order valence-corrected chi connectivity index (χ1v) is 6.50. The van der Waals surface area contributed by atoms with E-state index in [0.29, 0.717) is 11.3 Å². The molecule has 2 aromatic carbocycles. The summed E-state index contributed by atoms with van der Waals surface area (Å²) in [4.78, 5) is 12.0. The normalized spacial score (nSPS) is 10.1. The Hall–Kier alpha value is -1.56. The zero-order valence-corrected chi connectivity index (χ0v) is 11.9. The van der Waals surface area contributed by atoms with Crippen LogP contribution in [0.5, 0.6) is 5.75 Å². The Bertz CT molecular complexity index is 596. The molecule has 0 fully saturated rings. The Balaban J connectivity index is 2.21. The molecule has 18 heavy (non-hydrogen) atoms. The van der Waals surface area contributed by atoms with Gasteiger partial charge in [0.15, 0.2) is 0 Å². The molecule has 0 aliphatic rings. The highest BCUT2D eigenvalue weighted by Crippen LogP contribution is 2.24. The second-order valence-corrected chi connectivity index (χ2v) is 5.23. The van der Waals surface area contributed by atoms with Gasteiger partial charge in [0.1, 0.15) is 5.75 Å². The number of phenolic OH excluding ortho intramolecular Hbond substituents is 1. The van der Waals surface area contributed by atoms with Crippen LogP contribution in [0.1, 0.15) is 15.9 Å². The first-order valence-electron chi connectivity index (χ1n) is 5.43. The molecule has 0 saturated heterocycles. The molecule has 0 aromatic heterocycles. The molecule has 1 amide bonds. The summed E-state index contributed by atoms with van der Waals surface area (Å²) in [7, 11) is 0. The van der Waals surface area contributed by atoms with Crippen molar-refractivity contribution >= 4 is 34.2 Å². The fourth-order valence-corrected chi connectivity index (χ4v) is 2.11. The number of carbonyl (C=O) groups excluding carboxylic acids is 1. The molecule has 0 atom stereocenters. The second-order valence-electron chi connectivity index (χ2n) is 3.99. The van der Waals surface area contributed by atoms with Crippen molar-refractivity contribution in [3.63, 3.8) is 0 Å². The molecule has 92 valence electrons. The third-order valence-corrected chi connectivity index (χ3v) is 3.16. The number of phenols is 1. The van der Waals surface area contributed by atoms with Crippen LogP contribution in [0.3, 0.4) is 0 Å². The minimum atomic E-state index is -0.229. The average Bonchev–Trinajstić information content (AvgIpc) is 2.32. The Morgan fingerprint density at radius 3 is 2.67 bits per heavy atom. The number of hydrogen-bond acceptors (Lipinski definition) is 2. The van der Waals surface area contributed by atoms with Gasteiger partial charge in [-0.05, 0) is 65.4 Å². The monoisotopic (exact) mass is 353 g/mol. The van der Waals surface area contributed by atoms with Crippen molar-refractivity contribution in [1.82, 2.24) is 0 Å². The van der Waals surface area contributed by atoms with Crippen molar-refractivity contribution in [2.45, 2.75) is 6.92 Å². The van der Waals surface area contributed by atoms with Gasteiger partial charge in [-0.2, -0.15) is 0 Å². The Morgan fingerprint density at radius 1 is 1.22 bits per heavy atom. The molecule has 2 aromatic rings. The second kappa shape index (κ2) is 5.39. The third kappa shape index (κ3) is 3.01. The van der Waals surface area contributed by atoms with Gasteiger partial charge in [-0.15, -0.1) is 0 Å². The van der Waals surface area contributed by atoms with E-state index in [-0.39, 0.29) is 11.7 Å². The van der Waals surface area contributed by atoms with Gasteiger partial charge in [0, 0.05) is 9.13 Å². The quantitative estimate of drug-likeness (QED) is 0.641. The Kier molecular flexibility index (Phi) is 3.86. The molecule has 0 heterocycles. The number of rotatable bonds is 2. The summed E-state index contributed by atoms with van der Waals surface area (Å²) in [5.74, 6) is -0.151. The molecule has 0 radical (unpaired) electrons. The molecule has 2 rings (SSSR count). The van der Waals surface area contributed by atoms with E-state index in [1.165, 1.54) is 0 Å². The first kappa shape index (κ1) is 12.9. The summed E-state index contributed by atoms with van der Waals surface area (Å²) in [5, 5.41) is 12.4. The standard InChI is InChI=1S/C14H12INO2/c1-9-5-6-12(13(17)7-9)16-14(18)10-3-2-4-11(15)8-10/h2-8,17H,1H3,(H,16,18). The number of aryl methyl sites for hydroxylation is 1. The lowest BCUT2D eigenvalue weighted by Crippen LogP contribution is -2.12. The van der Waals surface area contributed by atoms with Gasteiger partial charge in [-0.3, -0.25) is 4.79 Å². The number of aromatic hydroxyl groups is 1. The number of amides is 1. The molecule has 0 unspecified atom stereocenters. The zero-order valence-electron chi connectivity index (χ0n) is 9.77. The number of benzene rings is 2. The predicted octanol–water partition coefficient (Wildman–Crippen LogP) is 3.56. The van der Waals surface area contributed by atoms with Gasteiger partial charge in [0.05, 0.1) is 5.69 Å². The number of nitrogens with one attached hydrogen (secondary N) is 1. The largest absolute Gasteiger partial charge is 0.506 e. The van der Waals surface area contributed by atoms with Crippen LogP contribution in [0.15, 0.2) is 42.5 Å². The lowest BCUT2D eigenvalue weighted by molar-refractivity contribution is 0.102. The number of hydrogen-bond donors (Lipinski definition) is 2. The van der Waals surface area contributed by atoms with Gasteiger partial charge >= 0.3 is 0 Å². The van der Waals surface area contributed by atoms with Crippen LogP contribution in [0.4, 0.5) is 5.69 Å². The minimum absolute atomic E-state index is 0.0778. The van der Waals surface area contributed by atoms with Crippen molar-refractivity contribution in [2.75, 3.05) is 5.32 Å². The van der Waals surface area contributed by atoms with E-state index in [4.69, 9.17) is 0 Å². The van der Waals surface area contributed by atoms with E-state index in [1.807, 2.05) is 25.1 Å². The number of halogens is 1. The highest BCUT2D eigenvalue weighted by molar-refractivity contribution is 14.1. The van der Waals surface area contributed by atoms with E-state index in [1.54, 1.807) is 24.3 Å². The van der Waals surface area contributed by atoms with Crippen LogP contribution in [0.25, 0.3) is 0 Å².